The van der Waals surface area contributed by atoms with Gasteiger partial charge < -0.3 is 4.90 Å². The van der Waals surface area contributed by atoms with Crippen LogP contribution in [0.5, 0.6) is 0 Å². The van der Waals surface area contributed by atoms with E-state index >= 15 is 0 Å². The van der Waals surface area contributed by atoms with Crippen molar-refractivity contribution in [1.82, 2.24) is 14.9 Å². The highest BCUT2D eigenvalue weighted by molar-refractivity contribution is 9.10. The quantitative estimate of drug-likeness (QED) is 0.794. The van der Waals surface area contributed by atoms with Crippen molar-refractivity contribution in [3.63, 3.8) is 0 Å². The van der Waals surface area contributed by atoms with Crippen LogP contribution in [0.25, 0.3) is 11.0 Å². The van der Waals surface area contributed by atoms with Gasteiger partial charge in [0.2, 0.25) is 0 Å². The molecule has 0 radical (unpaired) electrons. The van der Waals surface area contributed by atoms with Crippen LogP contribution in [0.4, 0.5) is 5.69 Å². The van der Waals surface area contributed by atoms with E-state index in [1.807, 2.05) is 18.5 Å². The van der Waals surface area contributed by atoms with Crippen molar-refractivity contribution in [1.29, 1.82) is 0 Å². The molecular weight excluding hydrogens is 328 g/mol. The topological polar surface area (TPSA) is 32.3 Å². The molecule has 2 aliphatic rings. The Bertz CT molecular complexity index is 674. The smallest absolute Gasteiger partial charge is 0.112 e. The highest BCUT2D eigenvalue weighted by Crippen LogP contribution is 2.33. The molecule has 0 N–H and O–H groups in total. The highest BCUT2D eigenvalue weighted by atomic mass is 79.9. The molecule has 0 saturated carbocycles. The first-order chi connectivity index (χ1) is 10.2. The predicted molar refractivity (Wildman–Crippen MR) is 88.6 cm³/mol. The zero-order chi connectivity index (χ0) is 14.4. The molecule has 2 bridgehead atoms. The average Bonchev–Trinajstić information content (AvgIpc) is 2.71. The van der Waals surface area contributed by atoms with Gasteiger partial charge in [-0.25, -0.2) is 0 Å². The van der Waals surface area contributed by atoms with Crippen LogP contribution >= 0.6 is 15.9 Å². The molecule has 2 fully saturated rings. The van der Waals surface area contributed by atoms with Crippen molar-refractivity contribution in [2.45, 2.75) is 31.3 Å². The van der Waals surface area contributed by atoms with Crippen LogP contribution < -0.4 is 4.90 Å². The third-order valence-electron chi connectivity index (χ3n) is 5.01. The van der Waals surface area contributed by atoms with Gasteiger partial charge in [0.15, 0.2) is 0 Å². The first-order valence-electron chi connectivity index (χ1n) is 7.59. The molecule has 5 heteroatoms. The summed E-state index contributed by atoms with van der Waals surface area (Å²) in [4.78, 5) is 14.1. The Labute approximate surface area is 133 Å². The lowest BCUT2D eigenvalue weighted by molar-refractivity contribution is 0.254. The molecule has 2 atom stereocenters. The summed E-state index contributed by atoms with van der Waals surface area (Å²) < 4.78 is 0.981. The lowest BCUT2D eigenvalue weighted by Crippen LogP contribution is -2.36. The van der Waals surface area contributed by atoms with Crippen molar-refractivity contribution < 1.29 is 0 Å². The second-order valence-corrected chi connectivity index (χ2v) is 7.05. The summed E-state index contributed by atoms with van der Waals surface area (Å²) in [6.45, 7) is 2.21. The Balaban J connectivity index is 1.73. The average molecular weight is 347 g/mol. The van der Waals surface area contributed by atoms with Gasteiger partial charge in [0.05, 0.1) is 11.2 Å². The molecule has 4 nitrogen and oxygen atoms in total. The second kappa shape index (κ2) is 5.21. The van der Waals surface area contributed by atoms with E-state index in [9.17, 15) is 0 Å². The molecule has 4 heterocycles. The van der Waals surface area contributed by atoms with Gasteiger partial charge in [-0.05, 0) is 54.4 Å². The molecule has 0 aromatic carbocycles. The fourth-order valence-corrected chi connectivity index (χ4v) is 4.09. The molecular formula is C16H19BrN4. The predicted octanol–water partition coefficient (Wildman–Crippen LogP) is 3.07. The van der Waals surface area contributed by atoms with E-state index in [0.29, 0.717) is 6.04 Å². The van der Waals surface area contributed by atoms with E-state index in [4.69, 9.17) is 0 Å². The molecule has 0 aliphatic carbocycles. The number of likely N-dealkylation sites (N-methyl/N-ethyl adjacent to an activating group) is 1. The van der Waals surface area contributed by atoms with Crippen LogP contribution in [-0.4, -0.2) is 47.1 Å². The summed E-state index contributed by atoms with van der Waals surface area (Å²) in [5.41, 5.74) is 3.21. The zero-order valence-corrected chi connectivity index (χ0v) is 13.8. The van der Waals surface area contributed by atoms with Gasteiger partial charge >= 0.3 is 0 Å². The second-order valence-electron chi connectivity index (χ2n) is 6.14. The Hall–Kier alpha value is -1.20. The largest absolute Gasteiger partial charge is 0.368 e. The third-order valence-corrected chi connectivity index (χ3v) is 5.45. The first kappa shape index (κ1) is 13.5. The molecule has 2 unspecified atom stereocenters. The van der Waals surface area contributed by atoms with Crippen molar-refractivity contribution in [2.24, 2.45) is 0 Å². The number of fused-ring (bicyclic) bond motifs is 3. The van der Waals surface area contributed by atoms with Gasteiger partial charge in [0, 0.05) is 42.0 Å². The number of aromatic nitrogens is 2. The number of nitrogens with zero attached hydrogens (tertiary/aromatic N) is 4. The number of hydrogen-bond acceptors (Lipinski definition) is 4. The van der Waals surface area contributed by atoms with Gasteiger partial charge in [-0.2, -0.15) is 0 Å². The van der Waals surface area contributed by atoms with Gasteiger partial charge in [0.1, 0.15) is 5.52 Å². The van der Waals surface area contributed by atoms with Gasteiger partial charge in [-0.1, -0.05) is 0 Å². The molecule has 2 aromatic heterocycles. The van der Waals surface area contributed by atoms with Gasteiger partial charge in [-0.15, -0.1) is 0 Å². The summed E-state index contributed by atoms with van der Waals surface area (Å²) in [6, 6.07) is 5.59. The van der Waals surface area contributed by atoms with Crippen LogP contribution in [0.15, 0.2) is 29.0 Å². The van der Waals surface area contributed by atoms with Crippen molar-refractivity contribution in [3.05, 3.63) is 29.0 Å². The molecule has 2 saturated heterocycles. The fourth-order valence-electron chi connectivity index (χ4n) is 3.77. The van der Waals surface area contributed by atoms with Crippen LogP contribution in [0.3, 0.4) is 0 Å². The van der Waals surface area contributed by atoms with E-state index in [1.54, 1.807) is 0 Å². The van der Waals surface area contributed by atoms with E-state index in [2.05, 4.69) is 48.8 Å². The van der Waals surface area contributed by atoms with E-state index in [0.717, 1.165) is 34.6 Å². The summed E-state index contributed by atoms with van der Waals surface area (Å²) in [5.74, 6) is 0. The number of rotatable bonds is 1. The lowest BCUT2D eigenvalue weighted by Gasteiger charge is -2.28. The molecule has 2 aliphatic heterocycles. The van der Waals surface area contributed by atoms with Crippen LogP contribution in [-0.2, 0) is 0 Å². The van der Waals surface area contributed by atoms with E-state index < -0.39 is 0 Å². The van der Waals surface area contributed by atoms with Crippen molar-refractivity contribution in [2.75, 3.05) is 25.0 Å². The van der Waals surface area contributed by atoms with Crippen LogP contribution in [0.1, 0.15) is 19.3 Å². The monoisotopic (exact) mass is 346 g/mol. The number of anilines is 1. The van der Waals surface area contributed by atoms with Crippen LogP contribution in [0, 0.1) is 0 Å². The summed E-state index contributed by atoms with van der Waals surface area (Å²) in [5, 5.41) is 0. The summed E-state index contributed by atoms with van der Waals surface area (Å²) in [7, 11) is 2.28. The van der Waals surface area contributed by atoms with Crippen molar-refractivity contribution in [3.8, 4) is 0 Å². The number of hydrogen-bond donors (Lipinski definition) is 0. The van der Waals surface area contributed by atoms with E-state index in [-0.39, 0.29) is 0 Å². The van der Waals surface area contributed by atoms with Gasteiger partial charge in [-0.3, -0.25) is 14.9 Å². The number of halogens is 1. The maximum Gasteiger partial charge on any atom is 0.112 e. The SMILES string of the molecule is CN1C2CCC1CN(c1ccnc3cc(Br)cnc13)CC2. The standard InChI is InChI=1S/C16H19BrN4/c1-20-12-2-3-13(20)10-21(7-5-12)15-4-6-18-14-8-11(17)9-19-16(14)15/h4,6,8-9,12-13H,2-3,5,7,10H2,1H3. The third kappa shape index (κ3) is 2.32. The van der Waals surface area contributed by atoms with E-state index in [1.165, 1.54) is 24.9 Å². The molecule has 4 rings (SSSR count). The Morgan fingerprint density at radius 2 is 2.05 bits per heavy atom. The lowest BCUT2D eigenvalue weighted by atomic mass is 10.1. The minimum atomic E-state index is 0.677. The molecule has 21 heavy (non-hydrogen) atoms. The fraction of sp³-hybridized carbons (Fsp3) is 0.500. The Morgan fingerprint density at radius 3 is 2.95 bits per heavy atom. The van der Waals surface area contributed by atoms with Crippen LogP contribution in [0.2, 0.25) is 0 Å². The van der Waals surface area contributed by atoms with Gasteiger partial charge in [0.25, 0.3) is 0 Å². The normalized spacial score (nSPS) is 26.3. The minimum absolute atomic E-state index is 0.677. The first-order valence-corrected chi connectivity index (χ1v) is 8.39. The summed E-state index contributed by atoms with van der Waals surface area (Å²) in [6.07, 6.45) is 7.69. The Morgan fingerprint density at radius 1 is 1.19 bits per heavy atom. The van der Waals surface area contributed by atoms with Crippen molar-refractivity contribution >= 4 is 32.7 Å². The zero-order valence-electron chi connectivity index (χ0n) is 12.2. The Kier molecular flexibility index (Phi) is 3.34. The number of pyridine rings is 2. The molecule has 2 aromatic rings. The highest BCUT2D eigenvalue weighted by Gasteiger charge is 2.35. The molecule has 0 amide bonds. The minimum Gasteiger partial charge on any atom is -0.368 e. The molecule has 0 spiro atoms. The maximum atomic E-state index is 4.60. The maximum absolute atomic E-state index is 4.60. The summed E-state index contributed by atoms with van der Waals surface area (Å²) >= 11 is 3.48. The molecule has 110 valence electrons.